The van der Waals surface area contributed by atoms with E-state index in [9.17, 15) is 47.9 Å². The number of hydrogen-bond acceptors (Lipinski definition) is 18. The summed E-state index contributed by atoms with van der Waals surface area (Å²) in [6, 6.07) is 10.0. The largest absolute Gasteiger partial charge is 0.445 e. The highest BCUT2D eigenvalue weighted by atomic mass is 33.1. The lowest BCUT2D eigenvalue weighted by atomic mass is 10.2. The van der Waals surface area contributed by atoms with E-state index in [0.717, 1.165) is 31.4 Å². The standard InChI is InChI=1S/C44H58N8O12S6/c1-49-31-25-69-70-26-32(40(58)52(4)34(24-66-6)42(60)68-21-29(37(55)45-17-35(49)53)47-43(61)63-19-27-13-9-7-10-14-27)50(2)36(54)18-46-38(56)30(48-44(62)64-20-28-15-11-8-12-16-28)22-67-41(59)33(23-65-5)51(3)39(31)57/h7-16,29-34H,17-26H2,1-6H3,(H,45,55)(H,46,56)(H,47,61)(H,48,62)/t29-,30-,31+,32+,33+,34+/m1/s1. The van der Waals surface area contributed by atoms with Crippen molar-refractivity contribution in [3.8, 4) is 0 Å². The Morgan fingerprint density at radius 3 is 1.27 bits per heavy atom. The number of amides is 8. The number of likely N-dealkylation sites (N-methyl/N-ethyl adjacent to an activating group) is 4. The molecule has 382 valence electrons. The monoisotopic (exact) mass is 1080 g/mol. The van der Waals surface area contributed by atoms with Gasteiger partial charge in [0.1, 0.15) is 49.5 Å². The number of rotatable bonds is 10. The van der Waals surface area contributed by atoms with Gasteiger partial charge in [0.15, 0.2) is 0 Å². The van der Waals surface area contributed by atoms with Gasteiger partial charge in [0, 0.05) is 62.7 Å². The Balaban J connectivity index is 1.72. The minimum absolute atomic E-state index is 0.0828. The van der Waals surface area contributed by atoms with E-state index < -0.39 is 107 Å². The molecule has 2 heterocycles. The summed E-state index contributed by atoms with van der Waals surface area (Å²) in [5.41, 5.74) is 1.34. The second kappa shape index (κ2) is 29.6. The van der Waals surface area contributed by atoms with Gasteiger partial charge in [-0.15, -0.1) is 0 Å². The SMILES string of the molecule is CSC[C@H]1C(=O)SC[C@@H](NC(=O)OCc2ccccc2)C(=O)NCC(=O)N(C)[C@H]2CSSC[C@@H](C(=O)N1C)N(C)C(=O)CNC(=O)[C@H](NC(=O)OCc1ccccc1)CSC(=O)[C@H](CSC)N(C)C2=O. The van der Waals surface area contributed by atoms with Crippen LogP contribution in [0.1, 0.15) is 11.1 Å². The molecule has 0 aromatic heterocycles. The molecule has 2 saturated heterocycles. The molecule has 6 atom stereocenters. The number of alkyl carbamates (subject to hydrolysis) is 2. The van der Waals surface area contributed by atoms with Crippen molar-refractivity contribution in [3.63, 3.8) is 0 Å². The number of nitrogens with zero attached hydrogens (tertiary/aromatic N) is 4. The first-order valence-electron chi connectivity index (χ1n) is 21.6. The van der Waals surface area contributed by atoms with Crippen molar-refractivity contribution in [2.45, 2.75) is 49.5 Å². The maximum absolute atomic E-state index is 14.6. The zero-order chi connectivity index (χ0) is 51.3. The first-order valence-corrected chi connectivity index (χ1v) is 28.8. The third-order valence-electron chi connectivity index (χ3n) is 10.9. The predicted molar refractivity (Wildman–Crippen MR) is 276 cm³/mol. The summed E-state index contributed by atoms with van der Waals surface area (Å²) < 4.78 is 10.7. The zero-order valence-corrected chi connectivity index (χ0v) is 44.3. The fourth-order valence-electron chi connectivity index (χ4n) is 6.56. The van der Waals surface area contributed by atoms with E-state index in [1.807, 2.05) is 0 Å². The van der Waals surface area contributed by atoms with Crippen LogP contribution in [-0.4, -0.2) is 202 Å². The average molecular weight is 1080 g/mol. The highest BCUT2D eigenvalue weighted by molar-refractivity contribution is 8.76. The number of thioether (sulfide) groups is 4. The summed E-state index contributed by atoms with van der Waals surface area (Å²) in [6.07, 6.45) is 1.50. The normalized spacial score (nSPS) is 23.5. The van der Waals surface area contributed by atoms with Crippen LogP contribution in [0.2, 0.25) is 0 Å². The lowest BCUT2D eigenvalue weighted by Crippen LogP contribution is -2.57. The van der Waals surface area contributed by atoms with E-state index in [0.29, 0.717) is 34.7 Å². The number of carbonyl (C=O) groups is 10. The number of carbonyl (C=O) groups excluding carboxylic acids is 10. The van der Waals surface area contributed by atoms with Gasteiger partial charge in [0.2, 0.25) is 45.7 Å². The maximum Gasteiger partial charge on any atom is 0.408 e. The number of fused-ring (bicyclic) bond motifs is 5. The van der Waals surface area contributed by atoms with E-state index in [-0.39, 0.29) is 47.7 Å². The van der Waals surface area contributed by atoms with Crippen LogP contribution < -0.4 is 21.3 Å². The van der Waals surface area contributed by atoms with Gasteiger partial charge in [-0.3, -0.25) is 38.4 Å². The summed E-state index contributed by atoms with van der Waals surface area (Å²) in [5.74, 6) is -5.05. The molecule has 2 aliphatic rings. The number of hydrogen-bond donors (Lipinski definition) is 4. The van der Waals surface area contributed by atoms with Crippen molar-refractivity contribution in [1.82, 2.24) is 40.9 Å². The first kappa shape index (κ1) is 57.8. The molecule has 0 unspecified atom stereocenters. The lowest BCUT2D eigenvalue weighted by molar-refractivity contribution is -0.144. The second-order valence-corrected chi connectivity index (χ2v) is 22.1. The topological polar surface area (TPSA) is 250 Å². The molecule has 70 heavy (non-hydrogen) atoms. The Hall–Kier alpha value is -4.76. The Kier molecular flexibility index (Phi) is 24.4. The highest BCUT2D eigenvalue weighted by Gasteiger charge is 2.39. The molecule has 0 saturated carbocycles. The van der Waals surface area contributed by atoms with E-state index in [2.05, 4.69) is 21.3 Å². The van der Waals surface area contributed by atoms with Crippen LogP contribution in [0.4, 0.5) is 9.59 Å². The van der Waals surface area contributed by atoms with Gasteiger partial charge < -0.3 is 50.3 Å². The van der Waals surface area contributed by atoms with Crippen LogP contribution in [0.3, 0.4) is 0 Å². The molecule has 20 nitrogen and oxygen atoms in total. The van der Waals surface area contributed by atoms with E-state index in [4.69, 9.17) is 9.47 Å². The Bertz CT molecular complexity index is 2020. The van der Waals surface area contributed by atoms with Crippen LogP contribution in [0, 0.1) is 0 Å². The van der Waals surface area contributed by atoms with Gasteiger partial charge in [-0.2, -0.15) is 23.5 Å². The number of ether oxygens (including phenoxy) is 2. The predicted octanol–water partition coefficient (Wildman–Crippen LogP) is 1.77. The lowest BCUT2D eigenvalue weighted by Gasteiger charge is -2.35. The highest BCUT2D eigenvalue weighted by Crippen LogP contribution is 2.28. The zero-order valence-electron chi connectivity index (χ0n) is 39.4. The minimum Gasteiger partial charge on any atom is -0.445 e. The smallest absolute Gasteiger partial charge is 0.408 e. The quantitative estimate of drug-likeness (QED) is 0.248. The molecule has 2 aromatic carbocycles. The van der Waals surface area contributed by atoms with E-state index >= 15 is 0 Å². The second-order valence-electron chi connectivity index (χ2n) is 15.7. The molecule has 4 N–H and O–H groups in total. The van der Waals surface area contributed by atoms with Crippen LogP contribution >= 0.6 is 68.6 Å². The third-order valence-corrected chi connectivity index (χ3v) is 16.7. The minimum atomic E-state index is -1.42. The van der Waals surface area contributed by atoms with Crippen LogP contribution in [0.5, 0.6) is 0 Å². The Morgan fingerprint density at radius 2 is 0.929 bits per heavy atom. The van der Waals surface area contributed by atoms with Gasteiger partial charge in [0.25, 0.3) is 0 Å². The Labute approximate surface area is 431 Å². The van der Waals surface area contributed by atoms with Crippen LogP contribution in [-0.2, 0) is 61.0 Å². The van der Waals surface area contributed by atoms with E-state index in [1.54, 1.807) is 73.2 Å². The summed E-state index contributed by atoms with van der Waals surface area (Å²) in [7, 11) is 7.77. The fraction of sp³-hybridized carbons (Fsp3) is 0.500. The van der Waals surface area contributed by atoms with E-state index in [1.165, 1.54) is 61.5 Å². The first-order chi connectivity index (χ1) is 33.5. The molecule has 2 aliphatic heterocycles. The number of benzene rings is 2. The van der Waals surface area contributed by atoms with Crippen molar-refractivity contribution in [3.05, 3.63) is 71.8 Å². The Morgan fingerprint density at radius 1 is 0.571 bits per heavy atom. The third kappa shape index (κ3) is 17.5. The molecule has 26 heteroatoms. The molecule has 4 rings (SSSR count). The summed E-state index contributed by atoms with van der Waals surface area (Å²) in [4.78, 5) is 143. The average Bonchev–Trinajstić information content (AvgIpc) is 3.36. The van der Waals surface area contributed by atoms with Crippen molar-refractivity contribution in [1.29, 1.82) is 0 Å². The summed E-state index contributed by atoms with van der Waals surface area (Å²) in [5, 5.41) is 8.91. The molecular weight excluding hydrogens is 1020 g/mol. The fourth-order valence-corrected chi connectivity index (χ4v) is 12.7. The van der Waals surface area contributed by atoms with Crippen molar-refractivity contribution in [2.24, 2.45) is 0 Å². The van der Waals surface area contributed by atoms with Crippen LogP contribution in [0.15, 0.2) is 60.7 Å². The molecule has 0 radical (unpaired) electrons. The van der Waals surface area contributed by atoms with Gasteiger partial charge >= 0.3 is 12.2 Å². The number of nitrogens with one attached hydrogen (secondary N) is 4. The summed E-state index contributed by atoms with van der Waals surface area (Å²) in [6.45, 7) is -1.53. The molecular formula is C44H58N8O12S6. The molecule has 0 aliphatic carbocycles. The molecule has 2 bridgehead atoms. The molecule has 2 fully saturated rings. The molecule has 8 amide bonds. The van der Waals surface area contributed by atoms with Gasteiger partial charge in [-0.25, -0.2) is 9.59 Å². The molecule has 2 aromatic rings. The van der Waals surface area contributed by atoms with Crippen LogP contribution in [0.25, 0.3) is 0 Å². The summed E-state index contributed by atoms with van der Waals surface area (Å²) >= 11 is 3.88. The van der Waals surface area contributed by atoms with Gasteiger partial charge in [-0.1, -0.05) is 106 Å². The van der Waals surface area contributed by atoms with Gasteiger partial charge in [0.05, 0.1) is 13.1 Å². The van der Waals surface area contributed by atoms with Crippen molar-refractivity contribution >= 4 is 126 Å². The van der Waals surface area contributed by atoms with Gasteiger partial charge in [-0.05, 0) is 23.6 Å². The molecule has 0 spiro atoms. The maximum atomic E-state index is 14.6. The van der Waals surface area contributed by atoms with Crippen molar-refractivity contribution in [2.75, 3.05) is 88.3 Å². The van der Waals surface area contributed by atoms with Crippen molar-refractivity contribution < 1.29 is 57.4 Å².